The number of nitrogens with one attached hydrogen (secondary N) is 2. The molecule has 2 aromatic carbocycles. The number of fused-ring (bicyclic) bond motifs is 1. The third-order valence-electron chi connectivity index (χ3n) is 3.26. The average molecular weight is 282 g/mol. The lowest BCUT2D eigenvalue weighted by atomic mass is 10.1. The first-order valence-corrected chi connectivity index (χ1v) is 6.65. The van der Waals surface area contributed by atoms with Crippen LogP contribution in [0.1, 0.15) is 5.56 Å². The Labute approximate surface area is 121 Å². The summed E-state index contributed by atoms with van der Waals surface area (Å²) >= 11 is 0. The number of nitrogens with zero attached hydrogens (tertiary/aromatic N) is 2. The molecule has 3 rings (SSSR count). The third-order valence-corrected chi connectivity index (χ3v) is 3.26. The van der Waals surface area contributed by atoms with E-state index in [0.29, 0.717) is 24.5 Å². The summed E-state index contributed by atoms with van der Waals surface area (Å²) in [7, 11) is 0. The van der Waals surface area contributed by atoms with Gasteiger partial charge < -0.3 is 10.3 Å². The van der Waals surface area contributed by atoms with Crippen LogP contribution in [0.3, 0.4) is 0 Å². The van der Waals surface area contributed by atoms with Crippen LogP contribution in [0.5, 0.6) is 0 Å². The number of imidazole rings is 1. The van der Waals surface area contributed by atoms with Crippen molar-refractivity contribution in [1.82, 2.24) is 9.97 Å². The Morgan fingerprint density at radius 1 is 1.14 bits per heavy atom. The Morgan fingerprint density at radius 2 is 1.90 bits per heavy atom. The van der Waals surface area contributed by atoms with Crippen LogP contribution in [-0.2, 0) is 6.42 Å². The second kappa shape index (κ2) is 5.62. The highest BCUT2D eigenvalue weighted by molar-refractivity contribution is 5.77. The molecule has 6 nitrogen and oxygen atoms in total. The Balaban J connectivity index is 1.67. The first-order chi connectivity index (χ1) is 10.2. The Morgan fingerprint density at radius 3 is 2.71 bits per heavy atom. The van der Waals surface area contributed by atoms with Gasteiger partial charge in [0.25, 0.3) is 5.69 Å². The fraction of sp³-hybridized carbons (Fsp3) is 0.133. The van der Waals surface area contributed by atoms with Gasteiger partial charge in [0, 0.05) is 18.2 Å². The van der Waals surface area contributed by atoms with E-state index in [1.165, 1.54) is 6.07 Å². The zero-order valence-corrected chi connectivity index (χ0v) is 11.2. The van der Waals surface area contributed by atoms with Gasteiger partial charge >= 0.3 is 0 Å². The fourth-order valence-corrected chi connectivity index (χ4v) is 2.25. The van der Waals surface area contributed by atoms with Crippen molar-refractivity contribution in [3.8, 4) is 0 Å². The molecule has 21 heavy (non-hydrogen) atoms. The number of para-hydroxylation sites is 3. The van der Waals surface area contributed by atoms with Gasteiger partial charge in [-0.1, -0.05) is 30.3 Å². The molecule has 0 atom stereocenters. The zero-order valence-electron chi connectivity index (χ0n) is 11.2. The molecule has 0 bridgehead atoms. The second-order valence-corrected chi connectivity index (χ2v) is 4.67. The molecular formula is C15H14N4O2. The number of benzene rings is 2. The van der Waals surface area contributed by atoms with Gasteiger partial charge in [0.15, 0.2) is 0 Å². The molecule has 0 fully saturated rings. The van der Waals surface area contributed by atoms with Gasteiger partial charge in [0.05, 0.1) is 16.0 Å². The minimum absolute atomic E-state index is 0.156. The van der Waals surface area contributed by atoms with Gasteiger partial charge in [-0.25, -0.2) is 4.98 Å². The molecule has 0 spiro atoms. The zero-order chi connectivity index (χ0) is 14.7. The standard InChI is InChI=1S/C15H14N4O2/c20-19(21)14-8-4-1-5-11(14)9-10-16-15-17-12-6-2-3-7-13(12)18-15/h1-8H,9-10H2,(H2,16,17,18). The lowest BCUT2D eigenvalue weighted by molar-refractivity contribution is -0.385. The van der Waals surface area contributed by atoms with E-state index in [9.17, 15) is 10.1 Å². The van der Waals surface area contributed by atoms with Crippen molar-refractivity contribution in [1.29, 1.82) is 0 Å². The highest BCUT2D eigenvalue weighted by Gasteiger charge is 2.11. The minimum Gasteiger partial charge on any atom is -0.355 e. The Bertz CT molecular complexity index is 749. The Hall–Kier alpha value is -2.89. The van der Waals surface area contributed by atoms with Crippen LogP contribution in [-0.4, -0.2) is 21.4 Å². The minimum atomic E-state index is -0.351. The highest BCUT2D eigenvalue weighted by Crippen LogP contribution is 2.18. The smallest absolute Gasteiger partial charge is 0.272 e. The number of nitro benzene ring substituents is 1. The van der Waals surface area contributed by atoms with Gasteiger partial charge in [-0.2, -0.15) is 0 Å². The summed E-state index contributed by atoms with van der Waals surface area (Å²) in [5, 5.41) is 14.1. The van der Waals surface area contributed by atoms with E-state index >= 15 is 0 Å². The van der Waals surface area contributed by atoms with Gasteiger partial charge in [0.1, 0.15) is 0 Å². The quantitative estimate of drug-likeness (QED) is 0.556. The fourth-order valence-electron chi connectivity index (χ4n) is 2.25. The second-order valence-electron chi connectivity index (χ2n) is 4.67. The lowest BCUT2D eigenvalue weighted by Gasteiger charge is -2.04. The van der Waals surface area contributed by atoms with E-state index in [-0.39, 0.29) is 10.6 Å². The highest BCUT2D eigenvalue weighted by atomic mass is 16.6. The largest absolute Gasteiger partial charge is 0.355 e. The van der Waals surface area contributed by atoms with Crippen molar-refractivity contribution in [3.63, 3.8) is 0 Å². The van der Waals surface area contributed by atoms with Crippen LogP contribution in [0, 0.1) is 10.1 Å². The van der Waals surface area contributed by atoms with E-state index in [0.717, 1.165) is 11.0 Å². The predicted molar refractivity (Wildman–Crippen MR) is 81.4 cm³/mol. The van der Waals surface area contributed by atoms with E-state index in [1.807, 2.05) is 30.3 Å². The molecule has 0 aliphatic heterocycles. The van der Waals surface area contributed by atoms with Crippen molar-refractivity contribution < 1.29 is 4.92 Å². The van der Waals surface area contributed by atoms with Crippen LogP contribution >= 0.6 is 0 Å². The molecule has 1 aromatic heterocycles. The predicted octanol–water partition coefficient (Wildman–Crippen LogP) is 3.13. The molecule has 0 aliphatic carbocycles. The van der Waals surface area contributed by atoms with E-state index in [4.69, 9.17) is 0 Å². The average Bonchev–Trinajstić information content (AvgIpc) is 2.90. The summed E-state index contributed by atoms with van der Waals surface area (Å²) in [6.07, 6.45) is 0.564. The number of anilines is 1. The molecule has 2 N–H and O–H groups in total. The van der Waals surface area contributed by atoms with Gasteiger partial charge in [-0.3, -0.25) is 10.1 Å². The number of hydrogen-bond acceptors (Lipinski definition) is 4. The van der Waals surface area contributed by atoms with Crippen molar-refractivity contribution in [2.45, 2.75) is 6.42 Å². The van der Waals surface area contributed by atoms with Crippen LogP contribution in [0.15, 0.2) is 48.5 Å². The van der Waals surface area contributed by atoms with Crippen molar-refractivity contribution in [2.24, 2.45) is 0 Å². The van der Waals surface area contributed by atoms with Crippen molar-refractivity contribution in [3.05, 3.63) is 64.2 Å². The van der Waals surface area contributed by atoms with Crippen LogP contribution < -0.4 is 5.32 Å². The summed E-state index contributed by atoms with van der Waals surface area (Å²) in [5.74, 6) is 0.676. The maximum absolute atomic E-state index is 10.9. The Kier molecular flexibility index (Phi) is 3.51. The normalized spacial score (nSPS) is 10.7. The lowest BCUT2D eigenvalue weighted by Crippen LogP contribution is -2.07. The monoisotopic (exact) mass is 282 g/mol. The number of nitro groups is 1. The topological polar surface area (TPSA) is 83.8 Å². The summed E-state index contributed by atoms with van der Waals surface area (Å²) < 4.78 is 0. The number of aromatic amines is 1. The number of H-pyrrole nitrogens is 1. The summed E-state index contributed by atoms with van der Waals surface area (Å²) in [5.41, 5.74) is 2.73. The first-order valence-electron chi connectivity index (χ1n) is 6.65. The molecule has 0 unspecified atom stereocenters. The van der Waals surface area contributed by atoms with Gasteiger partial charge in [-0.15, -0.1) is 0 Å². The van der Waals surface area contributed by atoms with Crippen molar-refractivity contribution in [2.75, 3.05) is 11.9 Å². The first kappa shape index (κ1) is 13.1. The summed E-state index contributed by atoms with van der Waals surface area (Å²) in [6, 6.07) is 14.5. The molecule has 6 heteroatoms. The van der Waals surface area contributed by atoms with Crippen LogP contribution in [0.2, 0.25) is 0 Å². The van der Waals surface area contributed by atoms with E-state index < -0.39 is 0 Å². The third kappa shape index (κ3) is 2.84. The summed E-state index contributed by atoms with van der Waals surface area (Å²) in [4.78, 5) is 18.2. The maximum atomic E-state index is 10.9. The van der Waals surface area contributed by atoms with Crippen LogP contribution in [0.25, 0.3) is 11.0 Å². The molecule has 1 heterocycles. The molecule has 0 saturated heterocycles. The van der Waals surface area contributed by atoms with Crippen LogP contribution in [0.4, 0.5) is 11.6 Å². The molecule has 0 radical (unpaired) electrons. The molecule has 0 amide bonds. The molecule has 106 valence electrons. The molecule has 0 saturated carbocycles. The van der Waals surface area contributed by atoms with E-state index in [1.54, 1.807) is 12.1 Å². The molecule has 0 aliphatic rings. The maximum Gasteiger partial charge on any atom is 0.272 e. The van der Waals surface area contributed by atoms with Gasteiger partial charge in [-0.05, 0) is 18.6 Å². The summed E-state index contributed by atoms with van der Waals surface area (Å²) in [6.45, 7) is 0.574. The number of rotatable bonds is 5. The molecule has 3 aromatic rings. The van der Waals surface area contributed by atoms with Gasteiger partial charge in [0.2, 0.25) is 5.95 Å². The number of aromatic nitrogens is 2. The molecular weight excluding hydrogens is 268 g/mol. The van der Waals surface area contributed by atoms with Crippen molar-refractivity contribution >= 4 is 22.7 Å². The van der Waals surface area contributed by atoms with E-state index in [2.05, 4.69) is 15.3 Å². The SMILES string of the molecule is O=[N+]([O-])c1ccccc1CCNc1nc2ccccc2[nH]1. The number of hydrogen-bond donors (Lipinski definition) is 2.